The quantitative estimate of drug-likeness (QED) is 0.283. The molecule has 8 heteroatoms. The van der Waals surface area contributed by atoms with E-state index < -0.39 is 29.7 Å². The summed E-state index contributed by atoms with van der Waals surface area (Å²) in [5.41, 5.74) is -0.304. The first-order chi connectivity index (χ1) is 19.6. The number of esters is 1. The van der Waals surface area contributed by atoms with Gasteiger partial charge in [-0.2, -0.15) is 13.2 Å². The van der Waals surface area contributed by atoms with E-state index in [-0.39, 0.29) is 17.6 Å². The number of hydrogen-bond acceptors (Lipinski definition) is 4. The molecule has 4 atom stereocenters. The van der Waals surface area contributed by atoms with Gasteiger partial charge in [0.15, 0.2) is 0 Å². The second-order valence-electron chi connectivity index (χ2n) is 11.6. The van der Waals surface area contributed by atoms with E-state index in [1.54, 1.807) is 6.07 Å². The van der Waals surface area contributed by atoms with E-state index in [9.17, 15) is 22.8 Å². The van der Waals surface area contributed by atoms with Gasteiger partial charge in [-0.15, -0.1) is 0 Å². The molecule has 2 fully saturated rings. The van der Waals surface area contributed by atoms with Crippen molar-refractivity contribution in [1.82, 2.24) is 5.32 Å². The van der Waals surface area contributed by atoms with E-state index in [2.05, 4.69) is 12.2 Å². The lowest BCUT2D eigenvalue weighted by Gasteiger charge is -2.51. The van der Waals surface area contributed by atoms with Crippen LogP contribution in [0.1, 0.15) is 73.4 Å². The summed E-state index contributed by atoms with van der Waals surface area (Å²) in [5, 5.41) is 4.60. The number of benzene rings is 3. The molecule has 3 aromatic carbocycles. The molecule has 2 saturated carbocycles. The fourth-order valence-corrected chi connectivity index (χ4v) is 7.04. The lowest BCUT2D eigenvalue weighted by molar-refractivity contribution is -0.150. The Hall–Kier alpha value is -3.55. The highest BCUT2D eigenvalue weighted by atomic mass is 19.4. The van der Waals surface area contributed by atoms with Crippen LogP contribution in [0.3, 0.4) is 0 Å². The Bertz CT molecular complexity index is 1400. The zero-order chi connectivity index (χ0) is 29.2. The first-order valence-corrected chi connectivity index (χ1v) is 14.3. The summed E-state index contributed by atoms with van der Waals surface area (Å²) in [6, 6.07) is 14.9. The molecule has 1 N–H and O–H groups in total. The van der Waals surface area contributed by atoms with E-state index in [0.29, 0.717) is 28.5 Å². The molecule has 0 spiro atoms. The average Bonchev–Trinajstić information content (AvgIpc) is 2.97. The van der Waals surface area contributed by atoms with Gasteiger partial charge in [0, 0.05) is 10.8 Å². The van der Waals surface area contributed by atoms with Crippen molar-refractivity contribution in [3.8, 4) is 5.75 Å². The van der Waals surface area contributed by atoms with Gasteiger partial charge >= 0.3 is 12.1 Å². The van der Waals surface area contributed by atoms with Crippen LogP contribution < -0.4 is 10.1 Å². The number of amides is 1. The van der Waals surface area contributed by atoms with Crippen LogP contribution in [0.2, 0.25) is 0 Å². The second-order valence-corrected chi connectivity index (χ2v) is 11.6. The molecule has 2 bridgehead atoms. The van der Waals surface area contributed by atoms with Gasteiger partial charge in [-0.3, -0.25) is 4.79 Å². The van der Waals surface area contributed by atoms with Gasteiger partial charge in [-0.25, -0.2) is 4.79 Å². The van der Waals surface area contributed by atoms with Crippen molar-refractivity contribution in [1.29, 1.82) is 0 Å². The van der Waals surface area contributed by atoms with E-state index in [1.807, 2.05) is 30.3 Å². The molecular formula is C33H36F3NO4. The van der Waals surface area contributed by atoms with E-state index in [0.717, 1.165) is 62.5 Å². The van der Waals surface area contributed by atoms with Crippen LogP contribution in [0, 0.1) is 17.3 Å². The third-order valence-corrected chi connectivity index (χ3v) is 9.03. The van der Waals surface area contributed by atoms with E-state index >= 15 is 0 Å². The Morgan fingerprint density at radius 1 is 1.05 bits per heavy atom. The molecule has 1 amide bonds. The third-order valence-electron chi connectivity index (χ3n) is 9.03. The van der Waals surface area contributed by atoms with Crippen molar-refractivity contribution in [2.75, 3.05) is 7.11 Å². The standard InChI is InChI=1S/C33H36F3NO4/c1-3-21-17-23-7-6-16-32(18-21,19-23)29(31(39)40-2)37-30(38)27-15-12-24-8-4-5-9-26(24)28(27)41-20-22-10-13-25(14-11-22)33(34,35)36/h4-5,8-15,21,23,29H,3,6-7,16-20H2,1-2H3,(H,37,38)/t21?,23?,29-,32?/m1/s1. The molecule has 218 valence electrons. The van der Waals surface area contributed by atoms with Crippen molar-refractivity contribution in [3.63, 3.8) is 0 Å². The van der Waals surface area contributed by atoms with Gasteiger partial charge in [-0.1, -0.05) is 68.7 Å². The van der Waals surface area contributed by atoms with Gasteiger partial charge in [0.2, 0.25) is 0 Å². The number of carbonyl (C=O) groups excluding carboxylic acids is 2. The minimum absolute atomic E-state index is 0.0311. The van der Waals surface area contributed by atoms with Crippen LogP contribution in [0.5, 0.6) is 5.75 Å². The fraction of sp³-hybridized carbons (Fsp3) is 0.455. The number of halogens is 3. The van der Waals surface area contributed by atoms with Gasteiger partial charge in [0.05, 0.1) is 18.2 Å². The number of hydrogen-bond donors (Lipinski definition) is 1. The van der Waals surface area contributed by atoms with Gasteiger partial charge in [-0.05, 0) is 66.7 Å². The predicted molar refractivity (Wildman–Crippen MR) is 150 cm³/mol. The predicted octanol–water partition coefficient (Wildman–Crippen LogP) is 7.71. The van der Waals surface area contributed by atoms with Gasteiger partial charge in [0.25, 0.3) is 5.91 Å². The van der Waals surface area contributed by atoms with Crippen molar-refractivity contribution in [2.45, 2.75) is 70.7 Å². The smallest absolute Gasteiger partial charge is 0.416 e. The number of alkyl halides is 3. The molecule has 0 radical (unpaired) electrons. The van der Waals surface area contributed by atoms with Crippen LogP contribution in [-0.2, 0) is 22.3 Å². The number of methoxy groups -OCH3 is 1. The third kappa shape index (κ3) is 6.07. The van der Waals surface area contributed by atoms with Gasteiger partial charge < -0.3 is 14.8 Å². The van der Waals surface area contributed by atoms with Crippen LogP contribution >= 0.6 is 0 Å². The number of fused-ring (bicyclic) bond motifs is 3. The number of rotatable bonds is 8. The highest BCUT2D eigenvalue weighted by Crippen LogP contribution is 2.54. The maximum absolute atomic E-state index is 13.9. The van der Waals surface area contributed by atoms with Crippen LogP contribution in [0.25, 0.3) is 10.8 Å². The molecule has 2 aliphatic rings. The van der Waals surface area contributed by atoms with Crippen LogP contribution in [0.4, 0.5) is 13.2 Å². The summed E-state index contributed by atoms with van der Waals surface area (Å²) in [4.78, 5) is 27.2. The lowest BCUT2D eigenvalue weighted by atomic mass is 9.55. The van der Waals surface area contributed by atoms with E-state index in [4.69, 9.17) is 9.47 Å². The second kappa shape index (κ2) is 11.7. The maximum Gasteiger partial charge on any atom is 0.416 e. The normalized spacial score (nSPS) is 23.0. The Morgan fingerprint density at radius 3 is 2.51 bits per heavy atom. The molecule has 0 heterocycles. The van der Waals surface area contributed by atoms with Crippen LogP contribution in [0.15, 0.2) is 60.7 Å². The van der Waals surface area contributed by atoms with Crippen molar-refractivity contribution in [3.05, 3.63) is 77.4 Å². The van der Waals surface area contributed by atoms with Crippen molar-refractivity contribution < 1.29 is 32.2 Å². The molecule has 41 heavy (non-hydrogen) atoms. The summed E-state index contributed by atoms with van der Waals surface area (Å²) in [7, 11) is 1.35. The summed E-state index contributed by atoms with van der Waals surface area (Å²) >= 11 is 0. The topological polar surface area (TPSA) is 64.6 Å². The van der Waals surface area contributed by atoms with Gasteiger partial charge in [0.1, 0.15) is 18.4 Å². The molecule has 2 aliphatic carbocycles. The minimum Gasteiger partial charge on any atom is -0.487 e. The first-order valence-electron chi connectivity index (χ1n) is 14.3. The fourth-order valence-electron chi connectivity index (χ4n) is 7.04. The average molecular weight is 568 g/mol. The van der Waals surface area contributed by atoms with E-state index in [1.165, 1.54) is 19.2 Å². The van der Waals surface area contributed by atoms with Crippen molar-refractivity contribution in [2.24, 2.45) is 17.3 Å². The number of nitrogens with one attached hydrogen (secondary N) is 1. The minimum atomic E-state index is -4.43. The Kier molecular flexibility index (Phi) is 8.30. The zero-order valence-corrected chi connectivity index (χ0v) is 23.4. The SMILES string of the molecule is CCC1CC2CCCC([C@H](NC(=O)c3ccc4ccccc4c3OCc3ccc(C(F)(F)F)cc3)C(=O)OC)(C1)C2. The molecule has 5 rings (SSSR count). The highest BCUT2D eigenvalue weighted by molar-refractivity contribution is 6.05. The summed E-state index contributed by atoms with van der Waals surface area (Å²) < 4.78 is 50.4. The molecule has 5 nitrogen and oxygen atoms in total. The maximum atomic E-state index is 13.9. The summed E-state index contributed by atoms with van der Waals surface area (Å²) in [6.07, 6.45) is 2.54. The van der Waals surface area contributed by atoms with Crippen LogP contribution in [-0.4, -0.2) is 25.0 Å². The Balaban J connectivity index is 1.45. The molecule has 0 saturated heterocycles. The zero-order valence-electron chi connectivity index (χ0n) is 23.4. The summed E-state index contributed by atoms with van der Waals surface area (Å²) in [6.45, 7) is 2.15. The molecular weight excluding hydrogens is 531 g/mol. The first kappa shape index (κ1) is 29.0. The molecule has 0 aromatic heterocycles. The highest BCUT2D eigenvalue weighted by Gasteiger charge is 2.51. The molecule has 0 aliphatic heterocycles. The summed E-state index contributed by atoms with van der Waals surface area (Å²) in [5.74, 6) is 0.474. The lowest BCUT2D eigenvalue weighted by Crippen LogP contribution is -2.57. The largest absolute Gasteiger partial charge is 0.487 e. The van der Waals surface area contributed by atoms with Crippen molar-refractivity contribution >= 4 is 22.6 Å². The Morgan fingerprint density at radius 2 is 1.80 bits per heavy atom. The Labute approximate surface area is 238 Å². The molecule has 3 aromatic rings. The number of ether oxygens (including phenoxy) is 2. The number of carbonyl (C=O) groups is 2. The monoisotopic (exact) mass is 567 g/mol. The molecule has 3 unspecified atom stereocenters.